The maximum atomic E-state index is 11.7. The highest BCUT2D eigenvalue weighted by Crippen LogP contribution is 2.45. The van der Waals surface area contributed by atoms with Gasteiger partial charge in [0.15, 0.2) is 0 Å². The topological polar surface area (TPSA) is 63.6 Å². The van der Waals surface area contributed by atoms with Crippen molar-refractivity contribution in [3.8, 4) is 0 Å². The van der Waals surface area contributed by atoms with Gasteiger partial charge in [0.1, 0.15) is 11.9 Å². The smallest absolute Gasteiger partial charge is 0.306 e. The molecule has 4 atom stereocenters. The first-order valence-electron chi connectivity index (χ1n) is 6.95. The Morgan fingerprint density at radius 2 is 1.83 bits per heavy atom. The number of fused-ring (bicyclic) bond motifs is 1. The van der Waals surface area contributed by atoms with Crippen molar-refractivity contribution >= 4 is 11.8 Å². The summed E-state index contributed by atoms with van der Waals surface area (Å²) in [5.74, 6) is 0.614. The van der Waals surface area contributed by atoms with Crippen molar-refractivity contribution in [2.45, 2.75) is 64.1 Å². The summed E-state index contributed by atoms with van der Waals surface area (Å²) in [6.45, 7) is 1.53. The normalized spacial score (nSPS) is 34.3. The van der Waals surface area contributed by atoms with E-state index in [1.165, 1.54) is 6.92 Å². The summed E-state index contributed by atoms with van der Waals surface area (Å²) in [5.41, 5.74) is 0. The predicted octanol–water partition coefficient (Wildman–Crippen LogP) is 1.84. The van der Waals surface area contributed by atoms with Crippen LogP contribution in [0, 0.1) is 11.8 Å². The van der Waals surface area contributed by atoms with Gasteiger partial charge in [-0.25, -0.2) is 0 Å². The van der Waals surface area contributed by atoms with Crippen molar-refractivity contribution in [2.24, 2.45) is 11.8 Å². The number of carbonyl (C=O) groups is 2. The molecule has 1 N–H and O–H groups in total. The van der Waals surface area contributed by atoms with Gasteiger partial charge in [-0.1, -0.05) is 0 Å². The lowest BCUT2D eigenvalue weighted by Gasteiger charge is -2.19. The summed E-state index contributed by atoms with van der Waals surface area (Å²) in [6, 6.07) is 0. The van der Waals surface area contributed by atoms with E-state index < -0.39 is 0 Å². The highest BCUT2D eigenvalue weighted by Gasteiger charge is 2.45. The number of rotatable bonds is 5. The Morgan fingerprint density at radius 1 is 1.11 bits per heavy atom. The van der Waals surface area contributed by atoms with E-state index in [1.54, 1.807) is 0 Å². The second-order valence-corrected chi connectivity index (χ2v) is 5.63. The van der Waals surface area contributed by atoms with Crippen LogP contribution in [0.2, 0.25) is 0 Å². The maximum absolute atomic E-state index is 11.7. The molecule has 0 amide bonds. The molecule has 0 spiro atoms. The Kier molecular flexibility index (Phi) is 4.38. The average Bonchev–Trinajstić information content (AvgIpc) is 2.83. The second kappa shape index (κ2) is 5.83. The number of hydrogen-bond donors (Lipinski definition) is 1. The molecule has 0 saturated heterocycles. The molecule has 102 valence electrons. The minimum Gasteiger partial charge on any atom is -0.462 e. The molecule has 0 bridgehead atoms. The zero-order valence-corrected chi connectivity index (χ0v) is 10.9. The van der Waals surface area contributed by atoms with E-state index in [4.69, 9.17) is 4.74 Å². The van der Waals surface area contributed by atoms with Crippen LogP contribution in [0.25, 0.3) is 0 Å². The Balaban J connectivity index is 1.73. The predicted molar refractivity (Wildman–Crippen MR) is 65.9 cm³/mol. The zero-order chi connectivity index (χ0) is 13.1. The molecule has 0 aromatic heterocycles. The first-order chi connectivity index (χ1) is 8.58. The monoisotopic (exact) mass is 254 g/mol. The van der Waals surface area contributed by atoms with Gasteiger partial charge in [0.05, 0.1) is 6.10 Å². The molecule has 2 aliphatic carbocycles. The highest BCUT2D eigenvalue weighted by molar-refractivity contribution is 5.76. The van der Waals surface area contributed by atoms with Gasteiger partial charge in [-0.2, -0.15) is 0 Å². The average molecular weight is 254 g/mol. The number of carbonyl (C=O) groups excluding carboxylic acids is 2. The van der Waals surface area contributed by atoms with Crippen LogP contribution in [0.4, 0.5) is 0 Å². The van der Waals surface area contributed by atoms with Crippen molar-refractivity contribution < 1.29 is 19.4 Å². The lowest BCUT2D eigenvalue weighted by molar-refractivity contribution is -0.151. The molecule has 0 aromatic carbocycles. The van der Waals surface area contributed by atoms with Crippen molar-refractivity contribution in [1.29, 1.82) is 0 Å². The number of ketones is 1. The van der Waals surface area contributed by atoms with Crippen molar-refractivity contribution in [2.75, 3.05) is 0 Å². The van der Waals surface area contributed by atoms with Gasteiger partial charge in [0.2, 0.25) is 0 Å². The third-order valence-corrected chi connectivity index (χ3v) is 4.29. The minimum atomic E-state index is -0.198. The van der Waals surface area contributed by atoms with Gasteiger partial charge in [-0.05, 0) is 44.9 Å². The van der Waals surface area contributed by atoms with Gasteiger partial charge in [0.25, 0.3) is 0 Å². The summed E-state index contributed by atoms with van der Waals surface area (Å²) in [7, 11) is 0. The molecule has 4 nitrogen and oxygen atoms in total. The van der Waals surface area contributed by atoms with Crippen LogP contribution in [-0.2, 0) is 14.3 Å². The van der Waals surface area contributed by atoms with Crippen LogP contribution >= 0.6 is 0 Å². The largest absolute Gasteiger partial charge is 0.462 e. The Labute approximate surface area is 108 Å². The van der Waals surface area contributed by atoms with E-state index in [1.807, 2.05) is 0 Å². The third-order valence-electron chi connectivity index (χ3n) is 4.29. The summed E-state index contributed by atoms with van der Waals surface area (Å²) < 4.78 is 5.49. The molecular formula is C14H22O4. The second-order valence-electron chi connectivity index (χ2n) is 5.63. The zero-order valence-electron chi connectivity index (χ0n) is 10.9. The Bertz CT molecular complexity index is 326. The van der Waals surface area contributed by atoms with Crippen LogP contribution in [0.5, 0.6) is 0 Å². The first kappa shape index (κ1) is 13.5. The fourth-order valence-electron chi connectivity index (χ4n) is 3.37. The standard InChI is InChI=1S/C14H22O4/c1-9(15)3-2-4-14(17)18-13-8-6-10-11(13)5-7-12(10)16/h10-13,16H,2-8H2,1H3/t10-,11-,12+,13-/m0/s1. The molecule has 2 aliphatic rings. The molecule has 2 saturated carbocycles. The molecule has 2 rings (SSSR count). The molecular weight excluding hydrogens is 232 g/mol. The lowest BCUT2D eigenvalue weighted by Crippen LogP contribution is -2.24. The summed E-state index contributed by atoms with van der Waals surface area (Å²) in [5, 5.41) is 9.78. The molecule has 0 aromatic rings. The van der Waals surface area contributed by atoms with E-state index in [2.05, 4.69) is 0 Å². The molecule has 4 heteroatoms. The molecule has 0 heterocycles. The van der Waals surface area contributed by atoms with Gasteiger partial charge < -0.3 is 14.6 Å². The molecule has 0 radical (unpaired) electrons. The fraction of sp³-hybridized carbons (Fsp3) is 0.857. The number of ether oxygens (including phenoxy) is 1. The number of Topliss-reactive ketones (excluding diaryl/α,β-unsaturated/α-hetero) is 1. The van der Waals surface area contributed by atoms with Crippen molar-refractivity contribution in [1.82, 2.24) is 0 Å². The van der Waals surface area contributed by atoms with Crippen LogP contribution in [0.1, 0.15) is 51.9 Å². The van der Waals surface area contributed by atoms with Crippen LogP contribution in [0.3, 0.4) is 0 Å². The summed E-state index contributed by atoms with van der Waals surface area (Å²) in [4.78, 5) is 22.4. The summed E-state index contributed by atoms with van der Waals surface area (Å²) in [6.07, 6.45) is 4.82. The van der Waals surface area contributed by atoms with Crippen LogP contribution < -0.4 is 0 Å². The van der Waals surface area contributed by atoms with Gasteiger partial charge in [-0.15, -0.1) is 0 Å². The van der Waals surface area contributed by atoms with E-state index in [-0.39, 0.29) is 24.0 Å². The quantitative estimate of drug-likeness (QED) is 0.760. The van der Waals surface area contributed by atoms with Crippen molar-refractivity contribution in [3.05, 3.63) is 0 Å². The van der Waals surface area contributed by atoms with Gasteiger partial charge >= 0.3 is 5.97 Å². The van der Waals surface area contributed by atoms with E-state index in [0.29, 0.717) is 31.1 Å². The summed E-state index contributed by atoms with van der Waals surface area (Å²) >= 11 is 0. The number of hydrogen-bond acceptors (Lipinski definition) is 4. The lowest BCUT2D eigenvalue weighted by atomic mass is 9.98. The third kappa shape index (κ3) is 3.10. The van der Waals surface area contributed by atoms with Crippen LogP contribution in [0.15, 0.2) is 0 Å². The molecule has 0 aliphatic heterocycles. The molecule has 18 heavy (non-hydrogen) atoms. The van der Waals surface area contributed by atoms with E-state index in [0.717, 1.165) is 25.7 Å². The van der Waals surface area contributed by atoms with Gasteiger partial charge in [-0.3, -0.25) is 4.79 Å². The van der Waals surface area contributed by atoms with E-state index >= 15 is 0 Å². The van der Waals surface area contributed by atoms with E-state index in [9.17, 15) is 14.7 Å². The first-order valence-corrected chi connectivity index (χ1v) is 6.95. The Hall–Kier alpha value is -0.900. The van der Waals surface area contributed by atoms with Crippen molar-refractivity contribution in [3.63, 3.8) is 0 Å². The maximum Gasteiger partial charge on any atom is 0.306 e. The number of esters is 1. The SMILES string of the molecule is CC(=O)CCCC(=O)O[C@H]1CC[C@H]2[C@@H]1CC[C@H]2O. The molecule has 0 unspecified atom stereocenters. The number of aliphatic hydroxyl groups excluding tert-OH is 1. The van der Waals surface area contributed by atoms with Gasteiger partial charge in [0, 0.05) is 18.8 Å². The fourth-order valence-corrected chi connectivity index (χ4v) is 3.37. The Morgan fingerprint density at radius 3 is 2.56 bits per heavy atom. The molecule has 2 fully saturated rings. The van der Waals surface area contributed by atoms with Crippen LogP contribution in [-0.4, -0.2) is 29.1 Å². The minimum absolute atomic E-state index is 0.00280. The highest BCUT2D eigenvalue weighted by atomic mass is 16.5. The number of aliphatic hydroxyl groups is 1.